The minimum atomic E-state index is 0.130. The van der Waals surface area contributed by atoms with E-state index in [2.05, 4.69) is 51.0 Å². The van der Waals surface area contributed by atoms with Crippen LogP contribution in [0.25, 0.3) is 16.9 Å². The number of hydrogen-bond donors (Lipinski definition) is 1. The van der Waals surface area contributed by atoms with Gasteiger partial charge in [0.05, 0.1) is 11.4 Å². The maximum absolute atomic E-state index is 10.5. The van der Waals surface area contributed by atoms with Gasteiger partial charge in [0, 0.05) is 11.1 Å². The minimum absolute atomic E-state index is 0.130. The van der Waals surface area contributed by atoms with E-state index in [1.165, 1.54) is 5.56 Å². The van der Waals surface area contributed by atoms with Gasteiger partial charge >= 0.3 is 0 Å². The Morgan fingerprint density at radius 2 is 1.58 bits per heavy atom. The van der Waals surface area contributed by atoms with Crippen molar-refractivity contribution in [3.63, 3.8) is 0 Å². The maximum Gasteiger partial charge on any atom is 0.234 e. The van der Waals surface area contributed by atoms with Crippen molar-refractivity contribution in [2.75, 3.05) is 0 Å². The van der Waals surface area contributed by atoms with Crippen molar-refractivity contribution in [1.82, 2.24) is 9.78 Å². The van der Waals surface area contributed by atoms with Crippen molar-refractivity contribution < 1.29 is 5.11 Å². The van der Waals surface area contributed by atoms with Gasteiger partial charge in [-0.05, 0) is 43.4 Å². The molecule has 0 aliphatic heterocycles. The lowest BCUT2D eigenvalue weighted by molar-refractivity contribution is 0.438. The zero-order valence-corrected chi connectivity index (χ0v) is 14.7. The second kappa shape index (κ2) is 6.52. The summed E-state index contributed by atoms with van der Waals surface area (Å²) in [5.41, 5.74) is 6.34. The van der Waals surface area contributed by atoms with Crippen molar-refractivity contribution >= 4 is 0 Å². The second-order valence-corrected chi connectivity index (χ2v) is 6.76. The highest BCUT2D eigenvalue weighted by Crippen LogP contribution is 2.36. The van der Waals surface area contributed by atoms with E-state index in [0.717, 1.165) is 34.5 Å². The van der Waals surface area contributed by atoms with Crippen LogP contribution in [0.3, 0.4) is 0 Å². The molecule has 0 aliphatic rings. The molecule has 3 aromatic rings. The van der Waals surface area contributed by atoms with Gasteiger partial charge < -0.3 is 5.11 Å². The average Bonchev–Trinajstić information content (AvgIpc) is 2.84. The van der Waals surface area contributed by atoms with Gasteiger partial charge in [0.2, 0.25) is 5.88 Å². The lowest BCUT2D eigenvalue weighted by Crippen LogP contribution is -2.04. The highest BCUT2D eigenvalue weighted by atomic mass is 16.3. The Hall–Kier alpha value is -2.55. The zero-order valence-electron chi connectivity index (χ0n) is 14.7. The molecule has 0 saturated heterocycles. The van der Waals surface area contributed by atoms with Crippen LogP contribution in [-0.4, -0.2) is 14.9 Å². The Bertz CT molecular complexity index is 862. The van der Waals surface area contributed by atoms with E-state index in [0.29, 0.717) is 5.92 Å². The predicted octanol–water partition coefficient (Wildman–Crippen LogP) is 5.06. The number of aryl methyl sites for hydroxylation is 2. The third-order valence-corrected chi connectivity index (χ3v) is 4.32. The summed E-state index contributed by atoms with van der Waals surface area (Å²) in [6.07, 6.45) is 0.793. The van der Waals surface area contributed by atoms with Crippen molar-refractivity contribution in [3.8, 4) is 22.8 Å². The lowest BCUT2D eigenvalue weighted by Gasteiger charge is -2.14. The van der Waals surface area contributed by atoms with Gasteiger partial charge in [-0.1, -0.05) is 56.3 Å². The van der Waals surface area contributed by atoms with Gasteiger partial charge in [-0.2, -0.15) is 0 Å². The molecule has 1 heterocycles. The first-order valence-corrected chi connectivity index (χ1v) is 8.42. The van der Waals surface area contributed by atoms with Crippen molar-refractivity contribution in [2.24, 2.45) is 5.92 Å². The number of rotatable bonds is 4. The molecule has 2 aromatic carbocycles. The summed E-state index contributed by atoms with van der Waals surface area (Å²) in [5, 5.41) is 15.0. The first-order chi connectivity index (χ1) is 11.5. The molecule has 124 valence electrons. The molecular weight excluding hydrogens is 296 g/mol. The standard InChI is InChI=1S/C21H24N2O/c1-14(2)13-18-20(17-11-7-5-9-15(17)3)23(22-21(18)24)19-12-8-6-10-16(19)4/h5-12,14H,13H2,1-4H3,(H,22,24). The number of aromatic nitrogens is 2. The third kappa shape index (κ3) is 2.94. The van der Waals surface area contributed by atoms with Gasteiger partial charge in [0.1, 0.15) is 0 Å². The summed E-state index contributed by atoms with van der Waals surface area (Å²) in [6, 6.07) is 16.4. The third-order valence-electron chi connectivity index (χ3n) is 4.32. The van der Waals surface area contributed by atoms with E-state index in [9.17, 15) is 5.11 Å². The minimum Gasteiger partial charge on any atom is -0.492 e. The smallest absolute Gasteiger partial charge is 0.234 e. The normalized spacial score (nSPS) is 11.2. The molecule has 0 bridgehead atoms. The predicted molar refractivity (Wildman–Crippen MR) is 98.7 cm³/mol. The van der Waals surface area contributed by atoms with Gasteiger partial charge in [0.25, 0.3) is 0 Å². The van der Waals surface area contributed by atoms with E-state index in [1.54, 1.807) is 0 Å². The van der Waals surface area contributed by atoms with Crippen molar-refractivity contribution in [3.05, 3.63) is 65.2 Å². The van der Waals surface area contributed by atoms with Gasteiger partial charge in [-0.15, -0.1) is 5.10 Å². The number of hydrogen-bond acceptors (Lipinski definition) is 2. The van der Waals surface area contributed by atoms with Crippen LogP contribution in [0.5, 0.6) is 5.88 Å². The number of benzene rings is 2. The molecule has 1 N–H and O–H groups in total. The topological polar surface area (TPSA) is 38.1 Å². The van der Waals surface area contributed by atoms with Crippen molar-refractivity contribution in [2.45, 2.75) is 34.1 Å². The molecule has 0 amide bonds. The molecule has 1 aromatic heterocycles. The van der Waals surface area contributed by atoms with Crippen LogP contribution in [0, 0.1) is 19.8 Å². The summed E-state index contributed by atoms with van der Waals surface area (Å²) in [6.45, 7) is 8.48. The molecule has 3 rings (SSSR count). The lowest BCUT2D eigenvalue weighted by atomic mass is 9.96. The second-order valence-electron chi connectivity index (χ2n) is 6.76. The molecule has 0 unspecified atom stereocenters. The van der Waals surface area contributed by atoms with Crippen LogP contribution >= 0.6 is 0 Å². The highest BCUT2D eigenvalue weighted by Gasteiger charge is 2.22. The molecule has 0 radical (unpaired) electrons. The van der Waals surface area contributed by atoms with E-state index in [4.69, 9.17) is 0 Å². The zero-order chi connectivity index (χ0) is 17.3. The fraction of sp³-hybridized carbons (Fsp3) is 0.286. The van der Waals surface area contributed by atoms with Crippen molar-refractivity contribution in [1.29, 1.82) is 0 Å². The Labute approximate surface area is 143 Å². The fourth-order valence-corrected chi connectivity index (χ4v) is 3.13. The number of nitrogens with zero attached hydrogens (tertiary/aromatic N) is 2. The summed E-state index contributed by atoms with van der Waals surface area (Å²) in [4.78, 5) is 0. The Kier molecular flexibility index (Phi) is 4.43. The number of aromatic hydroxyl groups is 1. The van der Waals surface area contributed by atoms with Crippen LogP contribution in [0.2, 0.25) is 0 Å². The molecule has 24 heavy (non-hydrogen) atoms. The summed E-state index contributed by atoms with van der Waals surface area (Å²) >= 11 is 0. The first-order valence-electron chi connectivity index (χ1n) is 8.42. The molecule has 3 nitrogen and oxygen atoms in total. The van der Waals surface area contributed by atoms with Crippen LogP contribution in [0.1, 0.15) is 30.5 Å². The molecule has 0 atom stereocenters. The molecule has 0 aliphatic carbocycles. The fourth-order valence-electron chi connectivity index (χ4n) is 3.13. The quantitative estimate of drug-likeness (QED) is 0.729. The molecule has 0 spiro atoms. The largest absolute Gasteiger partial charge is 0.492 e. The van der Waals surface area contributed by atoms with Crippen LogP contribution < -0.4 is 0 Å². The first kappa shape index (κ1) is 16.3. The van der Waals surface area contributed by atoms with Gasteiger partial charge in [-0.3, -0.25) is 0 Å². The Morgan fingerprint density at radius 1 is 0.958 bits per heavy atom. The van der Waals surface area contributed by atoms with Gasteiger partial charge in [0.15, 0.2) is 0 Å². The Morgan fingerprint density at radius 3 is 2.21 bits per heavy atom. The van der Waals surface area contributed by atoms with Crippen LogP contribution in [0.4, 0.5) is 0 Å². The van der Waals surface area contributed by atoms with E-state index >= 15 is 0 Å². The van der Waals surface area contributed by atoms with Gasteiger partial charge in [-0.25, -0.2) is 4.68 Å². The SMILES string of the molecule is Cc1ccccc1-c1c(CC(C)C)c(O)nn1-c1ccccc1C. The Balaban J connectivity index is 2.31. The molecule has 0 fully saturated rings. The summed E-state index contributed by atoms with van der Waals surface area (Å²) in [5.74, 6) is 0.568. The molecule has 0 saturated carbocycles. The van der Waals surface area contributed by atoms with Crippen LogP contribution in [0.15, 0.2) is 48.5 Å². The highest BCUT2D eigenvalue weighted by molar-refractivity contribution is 5.71. The summed E-state index contributed by atoms with van der Waals surface area (Å²) in [7, 11) is 0. The van der Waals surface area contributed by atoms with E-state index in [-0.39, 0.29) is 5.88 Å². The van der Waals surface area contributed by atoms with E-state index < -0.39 is 0 Å². The number of para-hydroxylation sites is 1. The van der Waals surface area contributed by atoms with E-state index in [1.807, 2.05) is 35.0 Å². The molecule has 3 heteroatoms. The monoisotopic (exact) mass is 320 g/mol. The van der Waals surface area contributed by atoms with Crippen LogP contribution in [-0.2, 0) is 6.42 Å². The molecular formula is C21H24N2O. The average molecular weight is 320 g/mol. The summed E-state index contributed by atoms with van der Waals surface area (Å²) < 4.78 is 1.89. The maximum atomic E-state index is 10.5.